The van der Waals surface area contributed by atoms with Crippen molar-refractivity contribution in [2.75, 3.05) is 13.1 Å². The molecule has 13 nitrogen and oxygen atoms in total. The van der Waals surface area contributed by atoms with E-state index in [9.17, 15) is 14.4 Å². The number of hydrogen-bond acceptors (Lipinski definition) is 8. The Hall–Kier alpha value is -7.28. The zero-order valence-corrected chi connectivity index (χ0v) is 31.5. The minimum atomic E-state index is -1.13. The van der Waals surface area contributed by atoms with Gasteiger partial charge in [-0.05, 0) is 47.9 Å². The summed E-state index contributed by atoms with van der Waals surface area (Å²) in [5.74, 6) is 1.44. The van der Waals surface area contributed by atoms with Crippen LogP contribution in [0.4, 0.5) is 4.79 Å². The highest BCUT2D eigenvalue weighted by atomic mass is 16.6. The number of nitrogens with one attached hydrogen (secondary N) is 2. The molecule has 13 heteroatoms. The fourth-order valence-corrected chi connectivity index (χ4v) is 8.10. The van der Waals surface area contributed by atoms with Crippen LogP contribution in [-0.4, -0.2) is 65.9 Å². The number of imidazole rings is 2. The number of amides is 3. The van der Waals surface area contributed by atoms with E-state index in [1.54, 1.807) is 35.4 Å². The first-order valence-corrected chi connectivity index (χ1v) is 19.3. The third-order valence-corrected chi connectivity index (χ3v) is 11.0. The molecular weight excluding hydrogens is 733 g/mol. The molecule has 0 unspecified atom stereocenters. The molecule has 290 valence electrons. The normalized spacial score (nSPS) is 17.0. The average molecular weight is 773 g/mol. The van der Waals surface area contributed by atoms with E-state index in [1.165, 1.54) is 6.20 Å². The molecule has 7 aromatic rings. The summed E-state index contributed by atoms with van der Waals surface area (Å²) in [4.78, 5) is 59.1. The number of likely N-dealkylation sites (tertiary alicyclic amines) is 2. The first-order valence-electron chi connectivity index (χ1n) is 19.3. The van der Waals surface area contributed by atoms with Gasteiger partial charge in [0.05, 0.1) is 42.1 Å². The number of aromatic amines is 2. The number of nitrogens with two attached hydrogens (primary N) is 1. The van der Waals surface area contributed by atoms with Crippen LogP contribution in [0.5, 0.6) is 0 Å². The van der Waals surface area contributed by atoms with Gasteiger partial charge in [0.15, 0.2) is 5.76 Å². The highest BCUT2D eigenvalue weighted by Gasteiger charge is 2.38. The lowest BCUT2D eigenvalue weighted by Gasteiger charge is -2.27. The van der Waals surface area contributed by atoms with Gasteiger partial charge in [0.2, 0.25) is 6.10 Å². The second kappa shape index (κ2) is 15.7. The average Bonchev–Trinajstić information content (AvgIpc) is 4.12. The molecule has 0 bridgehead atoms. The lowest BCUT2D eigenvalue weighted by Crippen LogP contribution is -2.37. The Kier molecular flexibility index (Phi) is 9.84. The van der Waals surface area contributed by atoms with Gasteiger partial charge in [-0.3, -0.25) is 9.59 Å². The summed E-state index contributed by atoms with van der Waals surface area (Å²) in [6.07, 6.45) is 6.17. The highest BCUT2D eigenvalue weighted by Crippen LogP contribution is 2.37. The smallest absolute Gasteiger partial charge is 0.405 e. The largest absolute Gasteiger partial charge is 0.431 e. The van der Waals surface area contributed by atoms with Gasteiger partial charge >= 0.3 is 6.09 Å². The van der Waals surface area contributed by atoms with Crippen LogP contribution in [0.3, 0.4) is 0 Å². The molecule has 2 aliphatic rings. The molecule has 0 spiro atoms. The van der Waals surface area contributed by atoms with Crippen LogP contribution >= 0.6 is 0 Å². The number of H-pyrrole nitrogens is 2. The third-order valence-electron chi connectivity index (χ3n) is 11.0. The number of primary amides is 1. The highest BCUT2D eigenvalue weighted by molar-refractivity contribution is 5.99. The number of rotatable bonds is 10. The van der Waals surface area contributed by atoms with Crippen molar-refractivity contribution in [2.24, 2.45) is 5.73 Å². The Balaban J connectivity index is 0.861. The predicted octanol–water partition coefficient (Wildman–Crippen LogP) is 8.27. The Labute approximate surface area is 333 Å². The van der Waals surface area contributed by atoms with Crippen molar-refractivity contribution in [1.82, 2.24) is 34.9 Å². The van der Waals surface area contributed by atoms with Crippen LogP contribution in [0.25, 0.3) is 45.0 Å². The van der Waals surface area contributed by atoms with Crippen LogP contribution in [0.1, 0.15) is 71.4 Å². The molecular formula is C45H40N8O5. The van der Waals surface area contributed by atoms with E-state index in [0.29, 0.717) is 35.8 Å². The summed E-state index contributed by atoms with van der Waals surface area (Å²) in [5.41, 5.74) is 12.9. The van der Waals surface area contributed by atoms with Crippen molar-refractivity contribution in [3.05, 3.63) is 151 Å². The lowest BCUT2D eigenvalue weighted by atomic mass is 10.0. The first kappa shape index (κ1) is 36.4. The van der Waals surface area contributed by atoms with Crippen LogP contribution < -0.4 is 5.73 Å². The monoisotopic (exact) mass is 772 g/mol. The third kappa shape index (κ3) is 7.13. The molecule has 2 fully saturated rings. The summed E-state index contributed by atoms with van der Waals surface area (Å²) < 4.78 is 10.8. The Morgan fingerprint density at radius 1 is 0.655 bits per heavy atom. The minimum absolute atomic E-state index is 0.123. The summed E-state index contributed by atoms with van der Waals surface area (Å²) in [6, 6.07) is 34.5. The van der Waals surface area contributed by atoms with Crippen molar-refractivity contribution in [3.63, 3.8) is 0 Å². The summed E-state index contributed by atoms with van der Waals surface area (Å²) in [6.45, 7) is 1.14. The molecule has 4 aromatic carbocycles. The molecule has 0 saturated carbocycles. The standard InChI is InChI=1S/C45H40N8O5/c46-45(56)57-40(33-11-5-2-6-12-33)44(55)53-24-8-14-38(53)42-48-27-36(51-42)31-21-17-29(18-22-31)28-15-19-30(20-16-28)35-26-47-41(50-35)37-13-7-23-52(37)43(54)34-25-49-58-39(34)32-9-3-1-4-10-32/h1-6,9-12,15-22,25-27,37-38,40H,7-8,13-14,23-24H2,(H2,46,56)(H,47,50)(H,48,51)/t37-,38-,40+/m0/s1. The van der Waals surface area contributed by atoms with E-state index < -0.39 is 12.2 Å². The quantitative estimate of drug-likeness (QED) is 0.124. The Morgan fingerprint density at radius 2 is 1.17 bits per heavy atom. The maximum Gasteiger partial charge on any atom is 0.405 e. The molecule has 2 saturated heterocycles. The summed E-state index contributed by atoms with van der Waals surface area (Å²) in [7, 11) is 0. The van der Waals surface area contributed by atoms with Gasteiger partial charge in [-0.25, -0.2) is 14.8 Å². The van der Waals surface area contributed by atoms with Crippen molar-refractivity contribution in [1.29, 1.82) is 0 Å². The number of hydrogen-bond donors (Lipinski definition) is 3. The van der Waals surface area contributed by atoms with Crippen LogP contribution in [-0.2, 0) is 9.53 Å². The molecule has 0 radical (unpaired) electrons. The molecule has 3 aromatic heterocycles. The van der Waals surface area contributed by atoms with Gasteiger partial charge in [0.25, 0.3) is 11.8 Å². The number of ether oxygens (including phenoxy) is 1. The van der Waals surface area contributed by atoms with Crippen LogP contribution in [0.2, 0.25) is 0 Å². The maximum absolute atomic E-state index is 13.8. The van der Waals surface area contributed by atoms with Crippen molar-refractivity contribution >= 4 is 17.9 Å². The van der Waals surface area contributed by atoms with Gasteiger partial charge in [-0.2, -0.15) is 0 Å². The number of carbonyl (C=O) groups is 3. The molecule has 3 amide bonds. The second-order valence-electron chi connectivity index (χ2n) is 14.5. The van der Waals surface area contributed by atoms with Crippen molar-refractivity contribution in [2.45, 2.75) is 43.9 Å². The van der Waals surface area contributed by atoms with E-state index in [1.807, 2.05) is 59.6 Å². The zero-order chi connectivity index (χ0) is 39.6. The minimum Gasteiger partial charge on any atom is -0.431 e. The fraction of sp³-hybridized carbons (Fsp3) is 0.200. The van der Waals surface area contributed by atoms with Crippen molar-refractivity contribution in [3.8, 4) is 45.0 Å². The first-order chi connectivity index (χ1) is 28.4. The van der Waals surface area contributed by atoms with Crippen LogP contribution in [0, 0.1) is 0 Å². The molecule has 58 heavy (non-hydrogen) atoms. The maximum atomic E-state index is 13.8. The second-order valence-corrected chi connectivity index (χ2v) is 14.5. The number of carbonyl (C=O) groups excluding carboxylic acids is 3. The molecule has 5 heterocycles. The van der Waals surface area contributed by atoms with E-state index >= 15 is 0 Å². The topological polar surface area (TPSA) is 176 Å². The molecule has 9 rings (SSSR count). The Bertz CT molecular complexity index is 2550. The molecule has 3 atom stereocenters. The van der Waals surface area contributed by atoms with Crippen LogP contribution in [0.15, 0.2) is 132 Å². The zero-order valence-electron chi connectivity index (χ0n) is 31.5. The summed E-state index contributed by atoms with van der Waals surface area (Å²) >= 11 is 0. The Morgan fingerprint density at radius 3 is 1.74 bits per heavy atom. The van der Waals surface area contributed by atoms with E-state index in [4.69, 9.17) is 20.0 Å². The molecule has 4 N–H and O–H groups in total. The van der Waals surface area contributed by atoms with Gasteiger partial charge in [-0.15, -0.1) is 0 Å². The van der Waals surface area contributed by atoms with Gasteiger partial charge in [-0.1, -0.05) is 114 Å². The van der Waals surface area contributed by atoms with Gasteiger partial charge in [0.1, 0.15) is 17.2 Å². The van der Waals surface area contributed by atoms with Gasteiger partial charge < -0.3 is 34.8 Å². The van der Waals surface area contributed by atoms with E-state index in [0.717, 1.165) is 70.7 Å². The number of benzene rings is 4. The molecule has 0 aliphatic carbocycles. The SMILES string of the molecule is NC(=O)O[C@@H](C(=O)N1CCC[C@H]1c1ncc(-c2ccc(-c3ccc(-c4cnc([C@@H]5CCCN5C(=O)c5cnoc5-c5ccccc5)[nH]4)cc3)cc2)[nH]1)c1ccccc1. The predicted molar refractivity (Wildman–Crippen MR) is 216 cm³/mol. The van der Waals surface area contributed by atoms with Crippen molar-refractivity contribution < 1.29 is 23.6 Å². The number of nitrogens with zero attached hydrogens (tertiary/aromatic N) is 5. The van der Waals surface area contributed by atoms with E-state index in [2.05, 4.69) is 56.5 Å². The molecule has 2 aliphatic heterocycles. The number of aromatic nitrogens is 5. The van der Waals surface area contributed by atoms with Gasteiger partial charge in [0, 0.05) is 24.2 Å². The fourth-order valence-electron chi connectivity index (χ4n) is 8.10. The van der Waals surface area contributed by atoms with E-state index in [-0.39, 0.29) is 23.9 Å². The lowest BCUT2D eigenvalue weighted by molar-refractivity contribution is -0.141. The summed E-state index contributed by atoms with van der Waals surface area (Å²) in [5, 5.41) is 3.94.